The summed E-state index contributed by atoms with van der Waals surface area (Å²) in [6, 6.07) is 9.70. The highest BCUT2D eigenvalue weighted by molar-refractivity contribution is 5.94. The molecule has 1 unspecified atom stereocenters. The first-order valence-electron chi connectivity index (χ1n) is 11.5. The predicted molar refractivity (Wildman–Crippen MR) is 127 cm³/mol. The zero-order valence-corrected chi connectivity index (χ0v) is 19.0. The van der Waals surface area contributed by atoms with Crippen molar-refractivity contribution in [2.75, 3.05) is 18.4 Å². The smallest absolute Gasteiger partial charge is 0.274 e. The van der Waals surface area contributed by atoms with Crippen LogP contribution in [0.15, 0.2) is 49.1 Å². The Kier molecular flexibility index (Phi) is 5.58. The summed E-state index contributed by atoms with van der Waals surface area (Å²) in [5.41, 5.74) is 4.99. The number of likely N-dealkylation sites (tertiary alicyclic amines) is 1. The van der Waals surface area contributed by atoms with Gasteiger partial charge in [-0.15, -0.1) is 0 Å². The largest absolute Gasteiger partial charge is 0.337 e. The molecule has 1 atom stereocenters. The fourth-order valence-electron chi connectivity index (χ4n) is 4.65. The van der Waals surface area contributed by atoms with Crippen molar-refractivity contribution >= 4 is 34.2 Å². The van der Waals surface area contributed by atoms with Crippen LogP contribution >= 0.6 is 0 Å². The van der Waals surface area contributed by atoms with E-state index in [1.165, 1.54) is 0 Å². The molecule has 1 fully saturated rings. The molecular formula is C25H28N6O2. The second kappa shape index (κ2) is 8.69. The Hall–Kier alpha value is -3.68. The van der Waals surface area contributed by atoms with Gasteiger partial charge in [-0.3, -0.25) is 9.59 Å². The number of aryl methyl sites for hydroxylation is 2. The fraction of sp³-hybridized carbons (Fsp3) is 0.360. The normalized spacial score (nSPS) is 16.4. The molecule has 1 aliphatic heterocycles. The van der Waals surface area contributed by atoms with Gasteiger partial charge < -0.3 is 19.2 Å². The lowest BCUT2D eigenvalue weighted by Gasteiger charge is -2.32. The molecule has 0 saturated carbocycles. The van der Waals surface area contributed by atoms with Gasteiger partial charge in [0.25, 0.3) is 5.91 Å². The highest BCUT2D eigenvalue weighted by atomic mass is 16.2. The van der Waals surface area contributed by atoms with E-state index in [9.17, 15) is 9.59 Å². The second-order valence-electron chi connectivity index (χ2n) is 8.84. The summed E-state index contributed by atoms with van der Waals surface area (Å²) in [7, 11) is 0. The summed E-state index contributed by atoms with van der Waals surface area (Å²) >= 11 is 0. The SMILES string of the molecule is CCn1cnc2cc(NC(=O)CC3CCCN(C(=O)c4cn5cc(C)ccc5n4)C3)ccc21. The molecule has 8 nitrogen and oxygen atoms in total. The standard InChI is InChI=1S/C25H28N6O2/c1-3-29-16-26-20-12-19(7-8-22(20)29)27-24(32)11-18-5-4-10-30(14-18)25(33)21-15-31-13-17(2)6-9-23(31)28-21/h6-9,12-13,15-16,18H,3-5,10-11,14H2,1-2H3,(H,27,32). The number of hydrogen-bond donors (Lipinski definition) is 1. The first-order chi connectivity index (χ1) is 16.0. The minimum Gasteiger partial charge on any atom is -0.337 e. The number of pyridine rings is 1. The molecule has 0 radical (unpaired) electrons. The minimum atomic E-state index is -0.0709. The average Bonchev–Trinajstić information content (AvgIpc) is 3.41. The van der Waals surface area contributed by atoms with Gasteiger partial charge in [-0.25, -0.2) is 9.97 Å². The molecule has 1 aromatic carbocycles. The van der Waals surface area contributed by atoms with Gasteiger partial charge in [-0.1, -0.05) is 6.07 Å². The zero-order chi connectivity index (χ0) is 22.9. The van der Waals surface area contributed by atoms with E-state index in [0.29, 0.717) is 25.2 Å². The molecular weight excluding hydrogens is 416 g/mol. The maximum atomic E-state index is 13.1. The third kappa shape index (κ3) is 4.33. The molecule has 1 aliphatic rings. The number of piperidine rings is 1. The highest BCUT2D eigenvalue weighted by Crippen LogP contribution is 2.23. The number of hydrogen-bond acceptors (Lipinski definition) is 4. The summed E-state index contributed by atoms with van der Waals surface area (Å²) in [5, 5.41) is 3.00. The van der Waals surface area contributed by atoms with Gasteiger partial charge in [0.15, 0.2) is 0 Å². The molecule has 4 aromatic rings. The minimum absolute atomic E-state index is 0.0354. The number of carbonyl (C=O) groups excluding carboxylic acids is 2. The second-order valence-corrected chi connectivity index (χ2v) is 8.84. The first kappa shape index (κ1) is 21.2. The van der Waals surface area contributed by atoms with Crippen molar-refractivity contribution in [1.29, 1.82) is 0 Å². The van der Waals surface area contributed by atoms with E-state index in [2.05, 4.69) is 26.8 Å². The van der Waals surface area contributed by atoms with Crippen LogP contribution in [0.3, 0.4) is 0 Å². The zero-order valence-electron chi connectivity index (χ0n) is 19.0. The van der Waals surface area contributed by atoms with E-state index < -0.39 is 0 Å². The van der Waals surface area contributed by atoms with Gasteiger partial charge in [0.1, 0.15) is 11.3 Å². The van der Waals surface area contributed by atoms with Gasteiger partial charge in [-0.2, -0.15) is 0 Å². The van der Waals surface area contributed by atoms with Crippen molar-refractivity contribution in [3.63, 3.8) is 0 Å². The van der Waals surface area contributed by atoms with Gasteiger partial charge >= 0.3 is 0 Å². The van der Waals surface area contributed by atoms with Crippen molar-refractivity contribution in [3.05, 3.63) is 60.3 Å². The van der Waals surface area contributed by atoms with Crippen LogP contribution in [0.2, 0.25) is 0 Å². The topological polar surface area (TPSA) is 84.5 Å². The molecule has 2 amide bonds. The van der Waals surface area contributed by atoms with Crippen molar-refractivity contribution in [3.8, 4) is 0 Å². The molecule has 1 saturated heterocycles. The number of amides is 2. The number of carbonyl (C=O) groups is 2. The number of rotatable bonds is 5. The van der Waals surface area contributed by atoms with Gasteiger partial charge in [0.2, 0.25) is 5.91 Å². The number of imidazole rings is 2. The molecule has 0 aliphatic carbocycles. The molecule has 33 heavy (non-hydrogen) atoms. The van der Waals surface area contributed by atoms with Crippen LogP contribution in [-0.4, -0.2) is 48.7 Å². The molecule has 1 N–H and O–H groups in total. The number of nitrogens with zero attached hydrogens (tertiary/aromatic N) is 5. The number of aromatic nitrogens is 4. The Bertz CT molecular complexity index is 1340. The third-order valence-corrected chi connectivity index (χ3v) is 6.34. The molecule has 170 valence electrons. The van der Waals surface area contributed by atoms with Crippen LogP contribution in [0.5, 0.6) is 0 Å². The Morgan fingerprint density at radius 3 is 2.91 bits per heavy atom. The number of anilines is 1. The monoisotopic (exact) mass is 444 g/mol. The van der Waals surface area contributed by atoms with Crippen molar-refractivity contribution in [2.24, 2.45) is 5.92 Å². The Balaban J connectivity index is 1.22. The quantitative estimate of drug-likeness (QED) is 0.506. The number of benzene rings is 1. The summed E-state index contributed by atoms with van der Waals surface area (Å²) in [6.45, 7) is 6.20. The summed E-state index contributed by atoms with van der Waals surface area (Å²) in [5.74, 6) is 0.0233. The highest BCUT2D eigenvalue weighted by Gasteiger charge is 2.27. The van der Waals surface area contributed by atoms with Gasteiger partial charge in [0.05, 0.1) is 17.4 Å². The maximum Gasteiger partial charge on any atom is 0.274 e. The Morgan fingerprint density at radius 1 is 1.18 bits per heavy atom. The maximum absolute atomic E-state index is 13.1. The van der Waals surface area contributed by atoms with E-state index in [1.54, 1.807) is 6.20 Å². The molecule has 5 rings (SSSR count). The predicted octanol–water partition coefficient (Wildman–Crippen LogP) is 3.89. The Morgan fingerprint density at radius 2 is 2.06 bits per heavy atom. The van der Waals surface area contributed by atoms with Gasteiger partial charge in [-0.05, 0) is 62.4 Å². The lowest BCUT2D eigenvalue weighted by Crippen LogP contribution is -2.41. The third-order valence-electron chi connectivity index (χ3n) is 6.34. The first-order valence-corrected chi connectivity index (χ1v) is 11.5. The lowest BCUT2D eigenvalue weighted by atomic mass is 9.94. The van der Waals surface area contributed by atoms with Crippen LogP contribution in [-0.2, 0) is 11.3 Å². The summed E-state index contributed by atoms with van der Waals surface area (Å²) < 4.78 is 3.95. The fourth-order valence-corrected chi connectivity index (χ4v) is 4.65. The lowest BCUT2D eigenvalue weighted by molar-refractivity contribution is -0.117. The summed E-state index contributed by atoms with van der Waals surface area (Å²) in [6.07, 6.45) is 7.77. The van der Waals surface area contributed by atoms with Crippen LogP contribution in [0, 0.1) is 12.8 Å². The average molecular weight is 445 g/mol. The Labute approximate surface area is 192 Å². The van der Waals surface area contributed by atoms with Crippen molar-refractivity contribution in [1.82, 2.24) is 23.8 Å². The van der Waals surface area contributed by atoms with Crippen LogP contribution < -0.4 is 5.32 Å². The van der Waals surface area contributed by atoms with E-state index in [-0.39, 0.29) is 17.7 Å². The number of fused-ring (bicyclic) bond motifs is 2. The van der Waals surface area contributed by atoms with E-state index in [4.69, 9.17) is 0 Å². The molecule has 4 heterocycles. The molecule has 0 bridgehead atoms. The van der Waals surface area contributed by atoms with Crippen molar-refractivity contribution in [2.45, 2.75) is 39.7 Å². The van der Waals surface area contributed by atoms with Gasteiger partial charge in [0, 0.05) is 44.1 Å². The van der Waals surface area contributed by atoms with E-state index in [0.717, 1.165) is 47.3 Å². The van der Waals surface area contributed by atoms with Crippen LogP contribution in [0.1, 0.15) is 42.2 Å². The van der Waals surface area contributed by atoms with Crippen molar-refractivity contribution < 1.29 is 9.59 Å². The van der Waals surface area contributed by atoms with Crippen LogP contribution in [0.25, 0.3) is 16.7 Å². The van der Waals surface area contributed by atoms with E-state index in [1.807, 2.05) is 59.1 Å². The number of nitrogens with one attached hydrogen (secondary N) is 1. The molecule has 8 heteroatoms. The molecule has 3 aromatic heterocycles. The summed E-state index contributed by atoms with van der Waals surface area (Å²) in [4.78, 5) is 36.5. The van der Waals surface area contributed by atoms with E-state index >= 15 is 0 Å². The van der Waals surface area contributed by atoms with Crippen LogP contribution in [0.4, 0.5) is 5.69 Å². The molecule has 0 spiro atoms.